The molecule has 2 heteroatoms. The van der Waals surface area contributed by atoms with Crippen LogP contribution < -0.4 is 0 Å². The predicted molar refractivity (Wildman–Crippen MR) is 67.3 cm³/mol. The second-order valence-corrected chi connectivity index (χ2v) is 4.49. The van der Waals surface area contributed by atoms with E-state index in [1.54, 1.807) is 0 Å². The number of terminal acetylenes is 1. The fraction of sp³-hybridized carbons (Fsp3) is 0.286. The van der Waals surface area contributed by atoms with Crippen LogP contribution in [0.1, 0.15) is 30.4 Å². The van der Waals surface area contributed by atoms with Crippen LogP contribution in [-0.2, 0) is 0 Å². The van der Waals surface area contributed by atoms with Crippen molar-refractivity contribution in [3.05, 3.63) is 39.9 Å². The van der Waals surface area contributed by atoms with E-state index in [0.29, 0.717) is 6.42 Å². The number of hydrogen-bond acceptors (Lipinski definition) is 1. The lowest BCUT2D eigenvalue weighted by molar-refractivity contribution is 0.162. The van der Waals surface area contributed by atoms with Crippen molar-refractivity contribution in [2.45, 2.75) is 25.4 Å². The zero-order chi connectivity index (χ0) is 11.7. The predicted octanol–water partition coefficient (Wildman–Crippen LogP) is 3.22. The molecule has 1 N–H and O–H groups in total. The van der Waals surface area contributed by atoms with Crippen molar-refractivity contribution in [3.63, 3.8) is 0 Å². The summed E-state index contributed by atoms with van der Waals surface area (Å²) in [7, 11) is 0. The van der Waals surface area contributed by atoms with Crippen molar-refractivity contribution in [3.8, 4) is 12.3 Å². The van der Waals surface area contributed by atoms with Crippen LogP contribution in [0.15, 0.2) is 23.8 Å². The lowest BCUT2D eigenvalue weighted by Crippen LogP contribution is -2.17. The van der Waals surface area contributed by atoms with E-state index in [-0.39, 0.29) is 5.92 Å². The molecule has 0 aromatic heterocycles. The maximum atomic E-state index is 10.0. The van der Waals surface area contributed by atoms with Gasteiger partial charge in [-0.1, -0.05) is 35.4 Å². The van der Waals surface area contributed by atoms with E-state index in [1.165, 1.54) is 0 Å². The van der Waals surface area contributed by atoms with E-state index in [0.717, 1.165) is 21.7 Å². The first-order chi connectivity index (χ1) is 7.65. The van der Waals surface area contributed by atoms with Crippen LogP contribution in [0.3, 0.4) is 0 Å². The van der Waals surface area contributed by atoms with Gasteiger partial charge < -0.3 is 5.11 Å². The van der Waals surface area contributed by atoms with Gasteiger partial charge >= 0.3 is 0 Å². The topological polar surface area (TPSA) is 20.2 Å². The molecule has 0 fully saturated rings. The number of rotatable bonds is 2. The third kappa shape index (κ3) is 1.75. The van der Waals surface area contributed by atoms with Crippen LogP contribution in [0.25, 0.3) is 6.08 Å². The average Bonchev–Trinajstić information content (AvgIpc) is 2.56. The molecule has 16 heavy (non-hydrogen) atoms. The molecule has 1 aliphatic carbocycles. The first-order valence-corrected chi connectivity index (χ1v) is 5.61. The van der Waals surface area contributed by atoms with Gasteiger partial charge in [-0.25, -0.2) is 0 Å². The zero-order valence-corrected chi connectivity index (χ0v) is 9.83. The number of hydrogen-bond donors (Lipinski definition) is 1. The Morgan fingerprint density at radius 2 is 2.31 bits per heavy atom. The zero-order valence-electron chi connectivity index (χ0n) is 9.07. The van der Waals surface area contributed by atoms with Gasteiger partial charge in [-0.15, -0.1) is 12.3 Å². The molecule has 0 saturated carbocycles. The standard InChI is InChI=1S/C14H13ClO/c1-3-5-13(16)14-9(2)8-11-10(14)6-4-7-12(11)15/h1,4,6-8,13-14,16H,5H2,2H3. The van der Waals surface area contributed by atoms with Crippen LogP contribution in [0.5, 0.6) is 0 Å². The molecule has 0 aliphatic heterocycles. The van der Waals surface area contributed by atoms with Gasteiger partial charge in [0.2, 0.25) is 0 Å². The third-order valence-corrected chi connectivity index (χ3v) is 3.33. The maximum absolute atomic E-state index is 10.0. The van der Waals surface area contributed by atoms with E-state index < -0.39 is 6.10 Å². The second-order valence-electron chi connectivity index (χ2n) is 4.08. The molecule has 82 valence electrons. The van der Waals surface area contributed by atoms with E-state index in [4.69, 9.17) is 18.0 Å². The molecule has 1 nitrogen and oxygen atoms in total. The minimum absolute atomic E-state index is 0.00949. The molecule has 0 saturated heterocycles. The van der Waals surface area contributed by atoms with E-state index in [2.05, 4.69) is 5.92 Å². The molecule has 0 bridgehead atoms. The van der Waals surface area contributed by atoms with Crippen molar-refractivity contribution in [2.24, 2.45) is 0 Å². The van der Waals surface area contributed by atoms with Crippen molar-refractivity contribution < 1.29 is 5.11 Å². The van der Waals surface area contributed by atoms with E-state index in [1.807, 2.05) is 31.2 Å². The van der Waals surface area contributed by atoms with Gasteiger partial charge in [0.1, 0.15) is 0 Å². The Balaban J connectivity index is 2.43. The Kier molecular flexibility index (Phi) is 3.05. The SMILES string of the molecule is C#CCC(O)C1C(C)=Cc2c(Cl)cccc21. The number of benzene rings is 1. The molecule has 0 amide bonds. The molecule has 1 aliphatic rings. The highest BCUT2D eigenvalue weighted by molar-refractivity contribution is 6.32. The fourth-order valence-corrected chi connectivity index (χ4v) is 2.53. The van der Waals surface area contributed by atoms with Crippen LogP contribution >= 0.6 is 11.6 Å². The Morgan fingerprint density at radius 3 is 3.00 bits per heavy atom. The number of halogens is 1. The molecule has 0 heterocycles. The molecular formula is C14H13ClO. The molecule has 2 rings (SSSR count). The van der Waals surface area contributed by atoms with Gasteiger partial charge in [0.05, 0.1) is 6.10 Å². The Morgan fingerprint density at radius 1 is 1.56 bits per heavy atom. The largest absolute Gasteiger partial charge is 0.391 e. The molecule has 0 radical (unpaired) electrons. The third-order valence-electron chi connectivity index (χ3n) is 3.00. The van der Waals surface area contributed by atoms with Crippen molar-refractivity contribution in [1.29, 1.82) is 0 Å². The molecule has 2 atom stereocenters. The number of aliphatic hydroxyl groups excluding tert-OH is 1. The summed E-state index contributed by atoms with van der Waals surface area (Å²) in [5.41, 5.74) is 3.21. The normalized spacial score (nSPS) is 19.9. The summed E-state index contributed by atoms with van der Waals surface area (Å²) < 4.78 is 0. The molecular weight excluding hydrogens is 220 g/mol. The molecule has 1 aromatic carbocycles. The van der Waals surface area contributed by atoms with Crippen LogP contribution in [0, 0.1) is 12.3 Å². The lowest BCUT2D eigenvalue weighted by atomic mass is 9.89. The summed E-state index contributed by atoms with van der Waals surface area (Å²) in [6.45, 7) is 2.00. The number of aliphatic hydroxyl groups is 1. The van der Waals surface area contributed by atoms with Crippen LogP contribution in [-0.4, -0.2) is 11.2 Å². The summed E-state index contributed by atoms with van der Waals surface area (Å²) in [5, 5.41) is 10.8. The first kappa shape index (κ1) is 11.3. The molecule has 2 unspecified atom stereocenters. The number of fused-ring (bicyclic) bond motifs is 1. The van der Waals surface area contributed by atoms with Gasteiger partial charge in [-0.3, -0.25) is 0 Å². The lowest BCUT2D eigenvalue weighted by Gasteiger charge is -2.19. The summed E-state index contributed by atoms with van der Waals surface area (Å²) in [4.78, 5) is 0. The van der Waals surface area contributed by atoms with Crippen molar-refractivity contribution in [1.82, 2.24) is 0 Å². The van der Waals surface area contributed by atoms with Gasteiger partial charge in [-0.2, -0.15) is 0 Å². The molecule has 0 spiro atoms. The highest BCUT2D eigenvalue weighted by Crippen LogP contribution is 2.41. The maximum Gasteiger partial charge on any atom is 0.0755 e. The first-order valence-electron chi connectivity index (χ1n) is 5.23. The monoisotopic (exact) mass is 232 g/mol. The minimum Gasteiger partial charge on any atom is -0.391 e. The summed E-state index contributed by atoms with van der Waals surface area (Å²) >= 11 is 6.12. The Bertz CT molecular complexity index is 482. The highest BCUT2D eigenvalue weighted by atomic mass is 35.5. The van der Waals surface area contributed by atoms with Crippen molar-refractivity contribution in [2.75, 3.05) is 0 Å². The Hall–Kier alpha value is -1.23. The van der Waals surface area contributed by atoms with Gasteiger partial charge in [0.15, 0.2) is 0 Å². The summed E-state index contributed by atoms with van der Waals surface area (Å²) in [6.07, 6.45) is 7.10. The minimum atomic E-state index is -0.527. The summed E-state index contributed by atoms with van der Waals surface area (Å²) in [6, 6.07) is 5.77. The van der Waals surface area contributed by atoms with E-state index in [9.17, 15) is 5.11 Å². The van der Waals surface area contributed by atoms with Crippen LogP contribution in [0.2, 0.25) is 5.02 Å². The second kappa shape index (κ2) is 4.33. The molecule has 1 aromatic rings. The van der Waals surface area contributed by atoms with Gasteiger partial charge in [0, 0.05) is 17.4 Å². The van der Waals surface area contributed by atoms with E-state index >= 15 is 0 Å². The van der Waals surface area contributed by atoms with Crippen molar-refractivity contribution >= 4 is 17.7 Å². The smallest absolute Gasteiger partial charge is 0.0755 e. The quantitative estimate of drug-likeness (QED) is 0.777. The van der Waals surface area contributed by atoms with Gasteiger partial charge in [0.25, 0.3) is 0 Å². The Labute approximate surface area is 101 Å². The fourth-order valence-electron chi connectivity index (χ4n) is 2.29. The van der Waals surface area contributed by atoms with Crippen LogP contribution in [0.4, 0.5) is 0 Å². The summed E-state index contributed by atoms with van der Waals surface area (Å²) in [5.74, 6) is 2.49. The highest BCUT2D eigenvalue weighted by Gasteiger charge is 2.29. The average molecular weight is 233 g/mol. The van der Waals surface area contributed by atoms with Gasteiger partial charge in [-0.05, 0) is 24.1 Å².